The highest BCUT2D eigenvalue weighted by Crippen LogP contribution is 2.26. The fraction of sp³-hybridized carbons (Fsp3) is 0.400. The van der Waals surface area contributed by atoms with E-state index in [1.54, 1.807) is 19.2 Å². The minimum atomic E-state index is -3.39. The number of anilines is 1. The van der Waals surface area contributed by atoms with Gasteiger partial charge in [0.05, 0.1) is 18.3 Å². The third-order valence-corrected chi connectivity index (χ3v) is 4.79. The number of hydrogen-bond donors (Lipinski definition) is 1. The maximum atomic E-state index is 12.1. The van der Waals surface area contributed by atoms with Crippen LogP contribution in [0.3, 0.4) is 0 Å². The Bertz CT molecular complexity index is 460. The van der Waals surface area contributed by atoms with Gasteiger partial charge in [-0.3, -0.25) is 4.31 Å². The summed E-state index contributed by atoms with van der Waals surface area (Å²) in [6.45, 7) is 0.748. The van der Waals surface area contributed by atoms with Crippen LogP contribution in [-0.4, -0.2) is 38.9 Å². The van der Waals surface area contributed by atoms with Crippen LogP contribution >= 0.6 is 0 Å². The molecule has 1 atom stereocenters. The summed E-state index contributed by atoms with van der Waals surface area (Å²) in [6.07, 6.45) is 0. The fourth-order valence-corrected chi connectivity index (χ4v) is 3.39. The summed E-state index contributed by atoms with van der Waals surface area (Å²) in [7, 11) is -1.83. The molecule has 0 amide bonds. The van der Waals surface area contributed by atoms with Crippen molar-refractivity contribution in [1.29, 1.82) is 0 Å². The maximum Gasteiger partial charge on any atom is 0.304 e. The number of benzene rings is 1. The van der Waals surface area contributed by atoms with Gasteiger partial charge in [-0.25, -0.2) is 0 Å². The van der Waals surface area contributed by atoms with Crippen LogP contribution in [0, 0.1) is 0 Å². The largest absolute Gasteiger partial charge is 0.329 e. The van der Waals surface area contributed by atoms with E-state index in [4.69, 9.17) is 5.73 Å². The zero-order valence-corrected chi connectivity index (χ0v) is 9.89. The molecular weight excluding hydrogens is 226 g/mol. The lowest BCUT2D eigenvalue weighted by atomic mass is 10.2. The van der Waals surface area contributed by atoms with Crippen molar-refractivity contribution < 1.29 is 8.42 Å². The maximum absolute atomic E-state index is 12.1. The predicted molar refractivity (Wildman–Crippen MR) is 63.3 cm³/mol. The van der Waals surface area contributed by atoms with Crippen LogP contribution in [0.5, 0.6) is 0 Å². The van der Waals surface area contributed by atoms with Crippen LogP contribution in [0.4, 0.5) is 5.69 Å². The molecule has 1 aliphatic heterocycles. The van der Waals surface area contributed by atoms with Gasteiger partial charge < -0.3 is 5.73 Å². The molecule has 1 aliphatic rings. The molecular formula is C10H15N3O2S. The summed E-state index contributed by atoms with van der Waals surface area (Å²) in [5, 5.41) is 0. The zero-order chi connectivity index (χ0) is 11.8. The Morgan fingerprint density at radius 3 is 2.50 bits per heavy atom. The summed E-state index contributed by atoms with van der Waals surface area (Å²) in [4.78, 5) is 0. The molecule has 0 bridgehead atoms. The number of nitrogens with zero attached hydrogens (tertiary/aromatic N) is 2. The van der Waals surface area contributed by atoms with E-state index >= 15 is 0 Å². The smallest absolute Gasteiger partial charge is 0.304 e. The molecule has 0 spiro atoms. The van der Waals surface area contributed by atoms with Crippen LogP contribution in [0.2, 0.25) is 0 Å². The molecule has 0 aromatic heterocycles. The quantitative estimate of drug-likeness (QED) is 0.793. The summed E-state index contributed by atoms with van der Waals surface area (Å²) in [5.41, 5.74) is 6.24. The lowest BCUT2D eigenvalue weighted by Gasteiger charge is -2.17. The molecule has 1 aromatic carbocycles. The molecule has 5 nitrogen and oxygen atoms in total. The van der Waals surface area contributed by atoms with E-state index in [0.717, 1.165) is 0 Å². The van der Waals surface area contributed by atoms with Crippen molar-refractivity contribution in [2.45, 2.75) is 6.04 Å². The lowest BCUT2D eigenvalue weighted by Crippen LogP contribution is -2.36. The van der Waals surface area contributed by atoms with Gasteiger partial charge in [-0.2, -0.15) is 12.7 Å². The van der Waals surface area contributed by atoms with E-state index in [1.165, 1.54) is 8.61 Å². The number of rotatable bonds is 2. The Hall–Kier alpha value is -1.11. The van der Waals surface area contributed by atoms with Crippen molar-refractivity contribution in [3.63, 3.8) is 0 Å². The Kier molecular flexibility index (Phi) is 2.88. The van der Waals surface area contributed by atoms with Crippen LogP contribution in [0.1, 0.15) is 0 Å². The van der Waals surface area contributed by atoms with Crippen LogP contribution in [0.25, 0.3) is 0 Å². The van der Waals surface area contributed by atoms with E-state index in [0.29, 0.717) is 18.8 Å². The van der Waals surface area contributed by atoms with E-state index in [9.17, 15) is 8.42 Å². The van der Waals surface area contributed by atoms with Crippen molar-refractivity contribution in [2.75, 3.05) is 24.4 Å². The second kappa shape index (κ2) is 4.04. The van der Waals surface area contributed by atoms with Gasteiger partial charge in [0, 0.05) is 13.6 Å². The Balaban J connectivity index is 2.38. The second-order valence-electron chi connectivity index (χ2n) is 3.78. The fourth-order valence-electron chi connectivity index (χ4n) is 1.80. The normalized spacial score (nSPS) is 24.9. The molecule has 2 N–H and O–H groups in total. The first-order chi connectivity index (χ1) is 7.57. The first-order valence-corrected chi connectivity index (χ1v) is 6.48. The highest BCUT2D eigenvalue weighted by molar-refractivity contribution is 7.90. The van der Waals surface area contributed by atoms with Crippen molar-refractivity contribution in [1.82, 2.24) is 4.31 Å². The van der Waals surface area contributed by atoms with Crippen LogP contribution in [0.15, 0.2) is 30.3 Å². The number of likely N-dealkylation sites (N-methyl/N-ethyl adjacent to an activating group) is 1. The molecule has 2 rings (SSSR count). The molecule has 1 saturated heterocycles. The van der Waals surface area contributed by atoms with Gasteiger partial charge in [-0.1, -0.05) is 18.2 Å². The minimum Gasteiger partial charge on any atom is -0.329 e. The van der Waals surface area contributed by atoms with Gasteiger partial charge in [-0.05, 0) is 12.1 Å². The predicted octanol–water partition coefficient (Wildman–Crippen LogP) is 0.0105. The van der Waals surface area contributed by atoms with Gasteiger partial charge in [0.15, 0.2) is 0 Å². The van der Waals surface area contributed by atoms with E-state index < -0.39 is 10.2 Å². The SMILES string of the molecule is CN1C(CN)CN(c2ccccc2)S1(=O)=O. The summed E-state index contributed by atoms with van der Waals surface area (Å²) in [6, 6.07) is 8.91. The molecule has 1 heterocycles. The molecule has 88 valence electrons. The van der Waals surface area contributed by atoms with Gasteiger partial charge >= 0.3 is 10.2 Å². The molecule has 16 heavy (non-hydrogen) atoms. The monoisotopic (exact) mass is 241 g/mol. The average molecular weight is 241 g/mol. The summed E-state index contributed by atoms with van der Waals surface area (Å²) in [5.74, 6) is 0. The molecule has 0 radical (unpaired) electrons. The highest BCUT2D eigenvalue weighted by Gasteiger charge is 2.40. The Labute approximate surface area is 95.6 Å². The molecule has 0 saturated carbocycles. The zero-order valence-electron chi connectivity index (χ0n) is 9.07. The van der Waals surface area contributed by atoms with Crippen molar-refractivity contribution in [3.8, 4) is 0 Å². The summed E-state index contributed by atoms with van der Waals surface area (Å²) < 4.78 is 26.8. The number of hydrogen-bond acceptors (Lipinski definition) is 3. The highest BCUT2D eigenvalue weighted by atomic mass is 32.2. The molecule has 0 aliphatic carbocycles. The average Bonchev–Trinajstić information content (AvgIpc) is 2.52. The van der Waals surface area contributed by atoms with Gasteiger partial charge in [-0.15, -0.1) is 0 Å². The van der Waals surface area contributed by atoms with Crippen molar-refractivity contribution >= 4 is 15.9 Å². The topological polar surface area (TPSA) is 66.6 Å². The number of para-hydroxylation sites is 1. The van der Waals surface area contributed by atoms with Crippen molar-refractivity contribution in [2.24, 2.45) is 5.73 Å². The molecule has 1 fully saturated rings. The molecule has 6 heteroatoms. The van der Waals surface area contributed by atoms with Crippen LogP contribution in [-0.2, 0) is 10.2 Å². The van der Waals surface area contributed by atoms with Gasteiger partial charge in [0.25, 0.3) is 0 Å². The summed E-state index contributed by atoms with van der Waals surface area (Å²) >= 11 is 0. The van der Waals surface area contributed by atoms with E-state index in [1.807, 2.05) is 18.2 Å². The second-order valence-corrected chi connectivity index (χ2v) is 5.69. The molecule has 1 aromatic rings. The van der Waals surface area contributed by atoms with E-state index in [-0.39, 0.29) is 6.04 Å². The third kappa shape index (κ3) is 1.68. The Morgan fingerprint density at radius 2 is 2.00 bits per heavy atom. The number of nitrogens with two attached hydrogens (primary N) is 1. The van der Waals surface area contributed by atoms with E-state index in [2.05, 4.69) is 0 Å². The first-order valence-electron chi connectivity index (χ1n) is 5.08. The van der Waals surface area contributed by atoms with Gasteiger partial charge in [0.2, 0.25) is 0 Å². The Morgan fingerprint density at radius 1 is 1.38 bits per heavy atom. The lowest BCUT2D eigenvalue weighted by molar-refractivity contribution is 0.417. The third-order valence-electron chi connectivity index (χ3n) is 2.85. The van der Waals surface area contributed by atoms with Gasteiger partial charge in [0.1, 0.15) is 0 Å². The standard InChI is InChI=1S/C10H15N3O2S/c1-12-10(7-11)8-13(16(12,14)15)9-5-3-2-4-6-9/h2-6,10H,7-8,11H2,1H3. The minimum absolute atomic E-state index is 0.148. The molecule has 1 unspecified atom stereocenters. The van der Waals surface area contributed by atoms with Crippen molar-refractivity contribution in [3.05, 3.63) is 30.3 Å². The first kappa shape index (κ1) is 11.4. The van der Waals surface area contributed by atoms with Crippen LogP contribution < -0.4 is 10.0 Å².